The van der Waals surface area contributed by atoms with Crippen LogP contribution in [0.25, 0.3) is 112 Å². The third-order valence-corrected chi connectivity index (χ3v) is 29.7. The number of likely N-dealkylation sites (tertiary alicyclic amines) is 4. The van der Waals surface area contributed by atoms with Crippen LogP contribution in [0.4, 0.5) is 40.8 Å². The maximum Gasteiger partial charge on any atom is 0.257 e. The number of methoxy groups -OCH3 is 4. The Morgan fingerprint density at radius 1 is 0.312 bits per heavy atom. The number of halogens is 4. The highest BCUT2D eigenvalue weighted by atomic mass is 19.1. The molecule has 4 aliphatic heterocycles. The van der Waals surface area contributed by atoms with Gasteiger partial charge in [0, 0.05) is 227 Å². The second kappa shape index (κ2) is 39.8. The van der Waals surface area contributed by atoms with Crippen LogP contribution in [-0.2, 0) is 18.9 Å². The Hall–Kier alpha value is -14.3. The van der Waals surface area contributed by atoms with Crippen molar-refractivity contribution in [3.63, 3.8) is 0 Å². The number of hydrogen-bond donors (Lipinski definition) is 8. The molecule has 16 atom stereocenters. The highest BCUT2D eigenvalue weighted by molar-refractivity contribution is 6.05. The molecule has 0 bridgehead atoms. The van der Waals surface area contributed by atoms with E-state index in [0.717, 1.165) is 95.2 Å². The minimum Gasteiger partial charge on any atom is -0.379 e. The molecule has 8 fully saturated rings. The number of anilines is 4. The Kier molecular flexibility index (Phi) is 26.5. The lowest BCUT2D eigenvalue weighted by atomic mass is 9.89. The van der Waals surface area contributed by atoms with Gasteiger partial charge in [-0.05, 0) is 128 Å². The SMILES string of the molecule is CNc1cc(-c2cn([C@@H]3CN(C)C[C@H]3F)c3ncccc23)nc2c(C(=O)NC3CC[C@@H]3OC)cnn12.CNc1cc(-c2cn([C@@H]3CN(C)C[C@H]3F)c3ncccc23)nc2c(C(=O)N[C@H]3CC[C@@H]3OC)cnn12.CNc1cc(-c2cn([C@H]3CN(C)C[C@@H]3F)c3ncccc23)nc2c(C(=O)N[C@@H]3CC[C@H]3OC)cnn12.CNc1cc(-c2cn([C@H]3CN(C)C[C@@H]3F)c3ncccc23)nc2c(C(=O)N[C@H]3CC[C@@H]3OC)cnn12. The van der Waals surface area contributed by atoms with Crippen LogP contribution in [0.2, 0.25) is 0 Å². The van der Waals surface area contributed by atoms with Gasteiger partial charge in [-0.3, -0.25) is 19.2 Å². The van der Waals surface area contributed by atoms with Crippen LogP contribution in [0.15, 0.2) is 147 Å². The molecule has 4 amide bonds. The predicted molar refractivity (Wildman–Crippen MR) is 536 cm³/mol. The summed E-state index contributed by atoms with van der Waals surface area (Å²) in [5.74, 6) is 1.79. The molecule has 4 saturated carbocycles. The zero-order chi connectivity index (χ0) is 99.9. The van der Waals surface area contributed by atoms with Crippen molar-refractivity contribution >= 4 is 114 Å². The molecule has 16 aromatic rings. The van der Waals surface area contributed by atoms with Gasteiger partial charge in [-0.2, -0.15) is 38.5 Å². The normalized spacial score (nSPS) is 24.3. The summed E-state index contributed by atoms with van der Waals surface area (Å²) < 4.78 is 95.5. The van der Waals surface area contributed by atoms with Crippen LogP contribution in [0.3, 0.4) is 0 Å². The van der Waals surface area contributed by atoms with E-state index >= 15 is 0 Å². The van der Waals surface area contributed by atoms with Crippen LogP contribution in [-0.4, -0.2) is 350 Å². The van der Waals surface area contributed by atoms with E-state index in [1.807, 2.05) is 164 Å². The van der Waals surface area contributed by atoms with Crippen LogP contribution in [0.1, 0.15) is 117 Å². The van der Waals surface area contributed by atoms with Crippen molar-refractivity contribution in [2.75, 3.05) is 158 Å². The minimum atomic E-state index is -0.990. The van der Waals surface area contributed by atoms with E-state index < -0.39 is 24.7 Å². The minimum absolute atomic E-state index is 0.0216. The van der Waals surface area contributed by atoms with Gasteiger partial charge in [0.1, 0.15) is 92.8 Å². The molecule has 0 radical (unpaired) electrons. The number of nitrogens with zero attached hydrogens (tertiary/aromatic N) is 24. The molecular formula is C100H116F4N32O8. The maximum absolute atomic E-state index is 14.9. The number of alkyl halides is 4. The first kappa shape index (κ1) is 95.9. The molecule has 0 aromatic carbocycles. The highest BCUT2D eigenvalue weighted by Crippen LogP contribution is 2.43. The summed E-state index contributed by atoms with van der Waals surface area (Å²) in [6, 6.07) is 21.5. The van der Waals surface area contributed by atoms with Gasteiger partial charge in [-0.25, -0.2) is 57.4 Å². The van der Waals surface area contributed by atoms with Crippen molar-refractivity contribution < 1.29 is 55.7 Å². The molecule has 24 rings (SSSR count). The first-order valence-corrected chi connectivity index (χ1v) is 48.7. The molecule has 40 nitrogen and oxygen atoms in total. The van der Waals surface area contributed by atoms with Gasteiger partial charge in [0.05, 0.1) is 120 Å². The summed E-state index contributed by atoms with van der Waals surface area (Å²) in [6.45, 7) is 3.97. The van der Waals surface area contributed by atoms with Crippen LogP contribution >= 0.6 is 0 Å². The number of hydrogen-bond acceptors (Lipinski definition) is 28. The van der Waals surface area contributed by atoms with E-state index in [2.05, 4.69) is 82.9 Å². The van der Waals surface area contributed by atoms with Crippen molar-refractivity contribution in [1.82, 2.24) is 137 Å². The molecular weight excluding hydrogens is 1850 g/mol. The lowest BCUT2D eigenvalue weighted by Gasteiger charge is -2.35. The molecule has 4 saturated heterocycles. The van der Waals surface area contributed by atoms with E-state index in [1.54, 1.807) is 99.5 Å². The first-order valence-electron chi connectivity index (χ1n) is 48.7. The summed E-state index contributed by atoms with van der Waals surface area (Å²) in [4.78, 5) is 98.3. The molecule has 144 heavy (non-hydrogen) atoms. The fraction of sp³-hybridized carbons (Fsp3) is 0.440. The number of nitrogens with one attached hydrogen (secondary N) is 8. The zero-order valence-electron chi connectivity index (χ0n) is 81.9. The largest absolute Gasteiger partial charge is 0.379 e. The molecule has 4 aliphatic carbocycles. The topological polar surface area (TPSA) is 406 Å². The third kappa shape index (κ3) is 17.6. The molecule has 1 unspecified atom stereocenters. The van der Waals surface area contributed by atoms with Gasteiger partial charge >= 0.3 is 0 Å². The monoisotopic (exact) mass is 1970 g/mol. The van der Waals surface area contributed by atoms with Crippen molar-refractivity contribution in [2.24, 2.45) is 0 Å². The van der Waals surface area contributed by atoms with E-state index in [-0.39, 0.29) is 96.4 Å². The number of pyridine rings is 4. The molecule has 752 valence electrons. The van der Waals surface area contributed by atoms with E-state index in [9.17, 15) is 36.7 Å². The standard InChI is InChI=1S/4C25H29FN8O2/c4*1-27-22-9-19(30-24-15(10-29-34(22)24)25(35)31-18-6-7-21(18)36-3)16-11-33(20-13-32(2)12-17(20)26)23-14(16)5-4-8-28-23/h4*4-5,8-11,17-18,20-21,27H,6-7,12-13H2,1-3H3,(H,31,35)/t17-,18?,20-,21+;2*17-,18+,20-,21+;17-,18-,20-,21-/m1100/s1. The first-order chi connectivity index (χ1) is 69.9. The van der Waals surface area contributed by atoms with Crippen LogP contribution < -0.4 is 42.5 Å². The number of aromatic nitrogens is 20. The lowest BCUT2D eigenvalue weighted by Crippen LogP contribution is -2.51. The number of fused-ring (bicyclic) bond motifs is 8. The van der Waals surface area contributed by atoms with E-state index in [1.165, 1.54) is 24.8 Å². The number of ether oxygens (including phenoxy) is 4. The van der Waals surface area contributed by atoms with Crippen LogP contribution in [0, 0.1) is 0 Å². The molecule has 16 aromatic heterocycles. The lowest BCUT2D eigenvalue weighted by molar-refractivity contribution is 0.00731. The van der Waals surface area contributed by atoms with Gasteiger partial charge in [0.25, 0.3) is 23.6 Å². The number of amides is 4. The number of carbonyl (C=O) groups is 4. The second-order valence-electron chi connectivity index (χ2n) is 38.5. The molecule has 0 spiro atoms. The number of likely N-dealkylation sites (N-methyl/N-ethyl adjacent to an activating group) is 4. The number of rotatable bonds is 24. The van der Waals surface area contributed by atoms with E-state index in [4.69, 9.17) is 38.9 Å². The fourth-order valence-corrected chi connectivity index (χ4v) is 21.3. The Morgan fingerprint density at radius 2 is 0.528 bits per heavy atom. The average Bonchev–Trinajstić information content (AvgIpc) is 1.59. The molecule has 8 aliphatic rings. The molecule has 20 heterocycles. The molecule has 8 N–H and O–H groups in total. The van der Waals surface area contributed by atoms with Gasteiger partial charge in [-0.15, -0.1) is 0 Å². The summed E-state index contributed by atoms with van der Waals surface area (Å²) >= 11 is 0. The van der Waals surface area contributed by atoms with Crippen molar-refractivity contribution in [2.45, 2.75) is 149 Å². The van der Waals surface area contributed by atoms with Crippen molar-refractivity contribution in [3.8, 4) is 45.0 Å². The predicted octanol–water partition coefficient (Wildman–Crippen LogP) is 10.1. The maximum atomic E-state index is 14.9. The Balaban J connectivity index is 0.000000113. The Bertz CT molecular complexity index is 6660. The fourth-order valence-electron chi connectivity index (χ4n) is 21.3. The van der Waals surface area contributed by atoms with Gasteiger partial charge in [-0.1, -0.05) is 0 Å². The summed E-state index contributed by atoms with van der Waals surface area (Å²) in [7, 11) is 21.5. The Labute approximate surface area is 824 Å². The van der Waals surface area contributed by atoms with Crippen molar-refractivity contribution in [3.05, 3.63) is 169 Å². The molecule has 44 heteroatoms. The highest BCUT2D eigenvalue weighted by Gasteiger charge is 2.43. The van der Waals surface area contributed by atoms with E-state index in [0.29, 0.717) is 166 Å². The Morgan fingerprint density at radius 3 is 0.701 bits per heavy atom. The number of carbonyl (C=O) groups excluding carboxylic acids is 4. The van der Waals surface area contributed by atoms with Crippen LogP contribution in [0.5, 0.6) is 0 Å². The van der Waals surface area contributed by atoms with Gasteiger partial charge in [0.2, 0.25) is 0 Å². The summed E-state index contributed by atoms with van der Waals surface area (Å²) in [5.41, 5.74) is 12.1. The van der Waals surface area contributed by atoms with Gasteiger partial charge < -0.3 is 99.3 Å². The van der Waals surface area contributed by atoms with Crippen molar-refractivity contribution in [1.29, 1.82) is 0 Å². The average molecular weight is 1970 g/mol. The summed E-state index contributed by atoms with van der Waals surface area (Å²) in [5, 5.41) is 46.0. The third-order valence-electron chi connectivity index (χ3n) is 29.7. The second-order valence-corrected chi connectivity index (χ2v) is 38.5. The zero-order valence-corrected chi connectivity index (χ0v) is 81.9. The quantitative estimate of drug-likeness (QED) is 0.0261. The smallest absolute Gasteiger partial charge is 0.257 e. The summed E-state index contributed by atoms with van der Waals surface area (Å²) in [6.07, 6.45) is 24.1. The van der Waals surface area contributed by atoms with Gasteiger partial charge in [0.15, 0.2) is 22.6 Å².